The molecule has 8 nitrogen and oxygen atoms in total. The number of benzene rings is 1. The molecule has 0 spiro atoms. The fourth-order valence-electron chi connectivity index (χ4n) is 3.75. The summed E-state index contributed by atoms with van der Waals surface area (Å²) < 4.78 is 64.2. The van der Waals surface area contributed by atoms with Gasteiger partial charge in [-0.2, -0.15) is 0 Å². The first-order chi connectivity index (χ1) is 15.4. The minimum absolute atomic E-state index is 0.0529. The van der Waals surface area contributed by atoms with Crippen LogP contribution in [0.1, 0.15) is 51.4 Å². The van der Waals surface area contributed by atoms with E-state index in [-0.39, 0.29) is 24.6 Å². The van der Waals surface area contributed by atoms with E-state index in [0.29, 0.717) is 18.0 Å². The molecular weight excluding hydrogens is 463 g/mol. The second-order valence-electron chi connectivity index (χ2n) is 8.19. The Hall–Kier alpha value is -2.50. The lowest BCUT2D eigenvalue weighted by atomic mass is 9.86. The van der Waals surface area contributed by atoms with Crippen LogP contribution in [0.15, 0.2) is 24.3 Å². The van der Waals surface area contributed by atoms with E-state index in [1.54, 1.807) is 0 Å². The third-order valence-electron chi connectivity index (χ3n) is 5.55. The topological polar surface area (TPSA) is 128 Å². The molecule has 1 atom stereocenters. The number of rotatable bonds is 11. The Morgan fingerprint density at radius 3 is 2.33 bits per heavy atom. The van der Waals surface area contributed by atoms with Gasteiger partial charge in [0, 0.05) is 24.7 Å². The van der Waals surface area contributed by atoms with E-state index in [4.69, 9.17) is 5.73 Å². The highest BCUT2D eigenvalue weighted by Gasteiger charge is 2.31. The largest absolute Gasteiger partial charge is 0.573 e. The average Bonchev–Trinajstić information content (AvgIpc) is 2.75. The molecule has 0 unspecified atom stereocenters. The number of anilines is 1. The summed E-state index contributed by atoms with van der Waals surface area (Å²) in [5.74, 6) is -0.629. The van der Waals surface area contributed by atoms with Crippen LogP contribution in [0, 0.1) is 5.92 Å². The zero-order chi connectivity index (χ0) is 24.5. The monoisotopic (exact) mass is 493 g/mol. The Balaban J connectivity index is 1.93. The molecule has 0 bridgehead atoms. The Morgan fingerprint density at radius 1 is 1.12 bits per heavy atom. The molecule has 12 heteroatoms. The third kappa shape index (κ3) is 10.3. The predicted octanol–water partition coefficient (Wildman–Crippen LogP) is 3.73. The van der Waals surface area contributed by atoms with Crippen molar-refractivity contribution in [3.05, 3.63) is 24.3 Å². The van der Waals surface area contributed by atoms with Gasteiger partial charge in [-0.1, -0.05) is 32.1 Å². The van der Waals surface area contributed by atoms with Crippen LogP contribution < -0.4 is 21.1 Å². The first kappa shape index (κ1) is 26.7. The van der Waals surface area contributed by atoms with Crippen LogP contribution in [0.3, 0.4) is 0 Å². The second-order valence-corrected chi connectivity index (χ2v) is 10.2. The van der Waals surface area contributed by atoms with Gasteiger partial charge in [-0.05, 0) is 43.0 Å². The van der Waals surface area contributed by atoms with Crippen molar-refractivity contribution in [1.29, 1.82) is 0 Å². The Morgan fingerprint density at radius 2 is 1.76 bits per heavy atom. The van der Waals surface area contributed by atoms with Gasteiger partial charge < -0.3 is 21.1 Å². The van der Waals surface area contributed by atoms with Gasteiger partial charge in [0.25, 0.3) is 0 Å². The Kier molecular flexibility index (Phi) is 9.81. The summed E-state index contributed by atoms with van der Waals surface area (Å²) in [5, 5.41) is 4.31. The number of hydrogen-bond donors (Lipinski definition) is 3. The molecule has 0 aliphatic heterocycles. The van der Waals surface area contributed by atoms with Gasteiger partial charge in [-0.15, -0.1) is 13.2 Å². The van der Waals surface area contributed by atoms with Crippen LogP contribution in [0.5, 0.6) is 5.75 Å². The van der Waals surface area contributed by atoms with Crippen LogP contribution in [0.2, 0.25) is 0 Å². The molecule has 0 heterocycles. The van der Waals surface area contributed by atoms with Crippen LogP contribution >= 0.6 is 0 Å². The van der Waals surface area contributed by atoms with Crippen molar-refractivity contribution >= 4 is 26.7 Å². The number of carbonyl (C=O) groups is 2. The minimum Gasteiger partial charge on any atom is -0.406 e. The molecule has 1 saturated carbocycles. The molecule has 1 fully saturated rings. The molecule has 0 radical (unpaired) electrons. The zero-order valence-electron chi connectivity index (χ0n) is 18.2. The maximum Gasteiger partial charge on any atom is 0.573 e. The van der Waals surface area contributed by atoms with Gasteiger partial charge in [0.1, 0.15) is 5.75 Å². The van der Waals surface area contributed by atoms with Crippen molar-refractivity contribution in [3.63, 3.8) is 0 Å². The van der Waals surface area contributed by atoms with E-state index in [9.17, 15) is 31.2 Å². The first-order valence-corrected chi connectivity index (χ1v) is 12.5. The maximum atomic E-state index is 12.4. The smallest absolute Gasteiger partial charge is 0.406 e. The summed E-state index contributed by atoms with van der Waals surface area (Å²) in [7, 11) is -4.13. The van der Waals surface area contributed by atoms with Crippen molar-refractivity contribution in [2.24, 2.45) is 11.7 Å². The summed E-state index contributed by atoms with van der Waals surface area (Å²) in [6.07, 6.45) is 1.96. The summed E-state index contributed by atoms with van der Waals surface area (Å²) in [6.45, 7) is 0.100. The van der Waals surface area contributed by atoms with E-state index in [1.807, 2.05) is 0 Å². The van der Waals surface area contributed by atoms with Crippen LogP contribution in [0.25, 0.3) is 0 Å². The van der Waals surface area contributed by atoms with Gasteiger partial charge in [0.05, 0.1) is 5.75 Å². The molecule has 2 amide bonds. The van der Waals surface area contributed by atoms with Crippen molar-refractivity contribution in [2.75, 3.05) is 17.6 Å². The van der Waals surface area contributed by atoms with E-state index in [1.165, 1.54) is 18.6 Å². The summed E-state index contributed by atoms with van der Waals surface area (Å²) in [5.41, 5.74) is 5.34. The van der Waals surface area contributed by atoms with Gasteiger partial charge in [0.2, 0.25) is 15.7 Å². The quantitative estimate of drug-likeness (QED) is 0.431. The van der Waals surface area contributed by atoms with E-state index in [0.717, 1.165) is 44.2 Å². The van der Waals surface area contributed by atoms with Gasteiger partial charge in [0.15, 0.2) is 0 Å². The number of halogens is 3. The molecular formula is C21H30F3N3O5S. The maximum absolute atomic E-state index is 12.4. The standard InChI is InChI=1S/C21H30F3N3O5S/c22-21(23,24)32-18-9-7-16(8-10-18)26-14-17(12-13-33(30,31)20(25)29)27-19(28)11-6-15-4-2-1-3-5-15/h7-10,15,17,26H,1-6,11-14H2,(H2,25,29)(H,27,28)/t17-/m0/s1. The van der Waals surface area contributed by atoms with E-state index in [2.05, 4.69) is 15.4 Å². The zero-order valence-corrected chi connectivity index (χ0v) is 19.0. The third-order valence-corrected chi connectivity index (χ3v) is 6.94. The molecule has 2 rings (SSSR count). The molecule has 4 N–H and O–H groups in total. The molecule has 0 saturated heterocycles. The van der Waals surface area contributed by atoms with Crippen LogP contribution in [0.4, 0.5) is 23.7 Å². The Bertz CT molecular complexity index is 885. The lowest BCUT2D eigenvalue weighted by Crippen LogP contribution is -2.41. The SMILES string of the molecule is NC(=O)S(=O)(=O)CC[C@@H](CNc1ccc(OC(F)(F)F)cc1)NC(=O)CCC1CCCCC1. The molecule has 1 aromatic carbocycles. The number of amides is 2. The van der Waals surface area contributed by atoms with Gasteiger partial charge in [-0.25, -0.2) is 8.42 Å². The fourth-order valence-corrected chi connectivity index (χ4v) is 4.55. The van der Waals surface area contributed by atoms with Gasteiger partial charge >= 0.3 is 11.6 Å². The van der Waals surface area contributed by atoms with Gasteiger partial charge in [-0.3, -0.25) is 9.59 Å². The second kappa shape index (κ2) is 12.1. The highest BCUT2D eigenvalue weighted by Crippen LogP contribution is 2.27. The number of alkyl halides is 3. The van der Waals surface area contributed by atoms with Crippen LogP contribution in [-0.4, -0.2) is 44.3 Å². The molecule has 1 aromatic rings. The van der Waals surface area contributed by atoms with Crippen molar-refractivity contribution < 1.29 is 35.9 Å². The normalized spacial score (nSPS) is 16.1. The molecule has 1 aliphatic rings. The summed E-state index contributed by atoms with van der Waals surface area (Å²) in [6, 6.07) is 4.35. The molecule has 1 aliphatic carbocycles. The van der Waals surface area contributed by atoms with Crippen molar-refractivity contribution in [3.8, 4) is 5.75 Å². The minimum atomic E-state index is -4.80. The summed E-state index contributed by atoms with van der Waals surface area (Å²) in [4.78, 5) is 23.5. The number of sulfone groups is 1. The molecule has 186 valence electrons. The van der Waals surface area contributed by atoms with Crippen molar-refractivity contribution in [1.82, 2.24) is 5.32 Å². The number of ether oxygens (including phenoxy) is 1. The lowest BCUT2D eigenvalue weighted by molar-refractivity contribution is -0.274. The number of nitrogens with one attached hydrogen (secondary N) is 2. The molecule has 33 heavy (non-hydrogen) atoms. The first-order valence-electron chi connectivity index (χ1n) is 10.9. The summed E-state index contributed by atoms with van der Waals surface area (Å²) >= 11 is 0. The average molecular weight is 494 g/mol. The highest BCUT2D eigenvalue weighted by atomic mass is 32.2. The number of primary amides is 1. The van der Waals surface area contributed by atoms with E-state index >= 15 is 0 Å². The Labute approximate surface area is 191 Å². The number of carbonyl (C=O) groups excluding carboxylic acids is 2. The lowest BCUT2D eigenvalue weighted by Gasteiger charge is -2.23. The predicted molar refractivity (Wildman–Crippen MR) is 117 cm³/mol. The number of hydrogen-bond acceptors (Lipinski definition) is 6. The number of nitrogens with two attached hydrogens (primary N) is 1. The van der Waals surface area contributed by atoms with Crippen LogP contribution in [-0.2, 0) is 14.6 Å². The highest BCUT2D eigenvalue weighted by molar-refractivity contribution is 8.05. The van der Waals surface area contributed by atoms with E-state index < -0.39 is 33.2 Å². The fraction of sp³-hybridized carbons (Fsp3) is 0.619. The molecule has 0 aromatic heterocycles. The van der Waals surface area contributed by atoms with Crippen molar-refractivity contribution in [2.45, 2.75) is 63.8 Å².